The fourth-order valence-electron chi connectivity index (χ4n) is 2.40. The van der Waals surface area contributed by atoms with Gasteiger partial charge in [-0.1, -0.05) is 35.5 Å². The number of halogens is 1. The number of benzene rings is 1. The van der Waals surface area contributed by atoms with Crippen LogP contribution in [0, 0.1) is 0 Å². The number of nitrogens with one attached hydrogen (secondary N) is 1. The van der Waals surface area contributed by atoms with Crippen LogP contribution in [0.3, 0.4) is 0 Å². The number of nitrogens with zero attached hydrogens (tertiary/aromatic N) is 6. The van der Waals surface area contributed by atoms with Gasteiger partial charge in [0.25, 0.3) is 0 Å². The average Bonchev–Trinajstić information content (AvgIpc) is 3.17. The van der Waals surface area contributed by atoms with E-state index in [-0.39, 0.29) is 0 Å². The molecule has 0 radical (unpaired) electrons. The summed E-state index contributed by atoms with van der Waals surface area (Å²) >= 11 is 7.89. The molecular formula is C15H13ClN7S+. The molecule has 0 bridgehead atoms. The fraction of sp³-hybridized carbons (Fsp3) is 0.133. The molecule has 0 aliphatic carbocycles. The highest BCUT2D eigenvalue weighted by Gasteiger charge is 2.24. The Balaban J connectivity index is 1.82. The van der Waals surface area contributed by atoms with Gasteiger partial charge in [-0.25, -0.2) is 4.98 Å². The monoisotopic (exact) mass is 358 g/mol. The van der Waals surface area contributed by atoms with Gasteiger partial charge in [0.2, 0.25) is 5.16 Å². The molecule has 9 heteroatoms. The molecule has 0 atom stereocenters. The van der Waals surface area contributed by atoms with E-state index in [0.717, 1.165) is 21.9 Å². The molecule has 24 heavy (non-hydrogen) atoms. The molecule has 4 aromatic rings. The maximum absolute atomic E-state index is 6.31. The van der Waals surface area contributed by atoms with E-state index in [0.29, 0.717) is 16.7 Å². The first-order valence-corrected chi connectivity index (χ1v) is 8.57. The lowest BCUT2D eigenvalue weighted by Gasteiger charge is -2.01. The van der Waals surface area contributed by atoms with Crippen LogP contribution in [-0.4, -0.2) is 30.1 Å². The molecule has 0 aliphatic rings. The summed E-state index contributed by atoms with van der Waals surface area (Å²) in [5.41, 5.74) is 2.61. The Morgan fingerprint density at radius 3 is 2.92 bits per heavy atom. The second-order valence-corrected chi connectivity index (χ2v) is 6.46. The van der Waals surface area contributed by atoms with Gasteiger partial charge in [-0.2, -0.15) is 9.25 Å². The van der Waals surface area contributed by atoms with Crippen LogP contribution in [0.4, 0.5) is 0 Å². The summed E-state index contributed by atoms with van der Waals surface area (Å²) in [6, 6.07) is 11.6. The number of hydrogen-bond donors (Lipinski definition) is 1. The van der Waals surface area contributed by atoms with Gasteiger partial charge in [0.1, 0.15) is 16.2 Å². The summed E-state index contributed by atoms with van der Waals surface area (Å²) in [4.78, 5) is 9.05. The summed E-state index contributed by atoms with van der Waals surface area (Å²) in [6.45, 7) is 0. The van der Waals surface area contributed by atoms with E-state index in [4.69, 9.17) is 16.6 Å². The van der Waals surface area contributed by atoms with E-state index in [2.05, 4.69) is 20.5 Å². The summed E-state index contributed by atoms with van der Waals surface area (Å²) in [7, 11) is 1.85. The molecule has 4 rings (SSSR count). The Hall–Kier alpha value is -2.45. The SMILES string of the molecule is C[n+]1[nH]nnc1-n1c(SCc2ccccn2)nc2c(Cl)cccc21. The van der Waals surface area contributed by atoms with Crippen molar-refractivity contribution in [3.8, 4) is 5.95 Å². The lowest BCUT2D eigenvalue weighted by Crippen LogP contribution is -2.35. The highest BCUT2D eigenvalue weighted by atomic mass is 35.5. The zero-order valence-electron chi connectivity index (χ0n) is 12.7. The minimum absolute atomic E-state index is 0.608. The van der Waals surface area contributed by atoms with Crippen molar-refractivity contribution < 1.29 is 4.68 Å². The number of rotatable bonds is 4. The number of imidazole rings is 1. The summed E-state index contributed by atoms with van der Waals surface area (Å²) in [5.74, 6) is 1.34. The standard InChI is InChI=1S/C15H12ClN7S/c1-22-14(19-20-21-22)23-12-7-4-6-11(16)13(12)18-15(23)24-9-10-5-2-3-8-17-10/h2-8H,9H2,1H3/p+1. The molecule has 0 saturated carbocycles. The number of thioether (sulfide) groups is 1. The minimum atomic E-state index is 0.608. The van der Waals surface area contributed by atoms with Crippen LogP contribution in [-0.2, 0) is 12.8 Å². The number of para-hydroxylation sites is 1. The maximum atomic E-state index is 6.31. The van der Waals surface area contributed by atoms with E-state index < -0.39 is 0 Å². The minimum Gasteiger partial charge on any atom is -0.260 e. The summed E-state index contributed by atoms with van der Waals surface area (Å²) in [6.07, 6.45) is 1.79. The number of aromatic amines is 1. The number of tetrazole rings is 1. The number of aryl methyl sites for hydroxylation is 1. The van der Waals surface area contributed by atoms with Gasteiger partial charge in [-0.3, -0.25) is 4.98 Å². The van der Waals surface area contributed by atoms with Crippen molar-refractivity contribution in [2.75, 3.05) is 0 Å². The Morgan fingerprint density at radius 1 is 1.25 bits per heavy atom. The van der Waals surface area contributed by atoms with Crippen LogP contribution in [0.25, 0.3) is 17.0 Å². The molecule has 1 N–H and O–H groups in total. The molecular weight excluding hydrogens is 346 g/mol. The Morgan fingerprint density at radius 2 is 2.17 bits per heavy atom. The van der Waals surface area contributed by atoms with Crippen molar-refractivity contribution in [3.05, 3.63) is 53.3 Å². The first kappa shape index (κ1) is 15.1. The van der Waals surface area contributed by atoms with E-state index in [1.807, 2.05) is 48.0 Å². The van der Waals surface area contributed by atoms with Crippen molar-refractivity contribution in [2.24, 2.45) is 7.05 Å². The molecule has 120 valence electrons. The Kier molecular flexibility index (Phi) is 3.91. The molecule has 1 aromatic carbocycles. The molecule has 0 spiro atoms. The second-order valence-electron chi connectivity index (χ2n) is 5.11. The van der Waals surface area contributed by atoms with Crippen LogP contribution >= 0.6 is 23.4 Å². The third-order valence-electron chi connectivity index (χ3n) is 3.51. The van der Waals surface area contributed by atoms with Gasteiger partial charge in [-0.05, 0) is 24.3 Å². The Bertz CT molecular complexity index is 996. The van der Waals surface area contributed by atoms with E-state index in [1.165, 1.54) is 0 Å². The zero-order chi connectivity index (χ0) is 16.5. The normalized spacial score (nSPS) is 11.2. The van der Waals surface area contributed by atoms with Crippen LogP contribution in [0.5, 0.6) is 0 Å². The summed E-state index contributed by atoms with van der Waals surface area (Å²) < 4.78 is 3.67. The molecule has 0 fully saturated rings. The van der Waals surface area contributed by atoms with E-state index in [1.54, 1.807) is 22.6 Å². The predicted molar refractivity (Wildman–Crippen MR) is 91.0 cm³/mol. The molecule has 7 nitrogen and oxygen atoms in total. The maximum Gasteiger partial charge on any atom is 0.413 e. The van der Waals surface area contributed by atoms with Crippen molar-refractivity contribution in [1.29, 1.82) is 0 Å². The van der Waals surface area contributed by atoms with Gasteiger partial charge < -0.3 is 0 Å². The zero-order valence-corrected chi connectivity index (χ0v) is 14.3. The smallest absolute Gasteiger partial charge is 0.260 e. The van der Waals surface area contributed by atoms with Crippen LogP contribution in [0.2, 0.25) is 5.02 Å². The van der Waals surface area contributed by atoms with Crippen molar-refractivity contribution >= 4 is 34.4 Å². The largest absolute Gasteiger partial charge is 0.413 e. The molecule has 3 heterocycles. The average molecular weight is 359 g/mol. The first-order chi connectivity index (χ1) is 11.7. The molecule has 0 unspecified atom stereocenters. The molecule has 0 saturated heterocycles. The number of hydrogen-bond acceptors (Lipinski definition) is 5. The summed E-state index contributed by atoms with van der Waals surface area (Å²) in [5, 5.41) is 12.2. The highest BCUT2D eigenvalue weighted by Crippen LogP contribution is 2.31. The van der Waals surface area contributed by atoms with Gasteiger partial charge >= 0.3 is 5.95 Å². The third kappa shape index (κ3) is 2.63. The molecule has 3 aromatic heterocycles. The number of aromatic nitrogens is 7. The van der Waals surface area contributed by atoms with E-state index >= 15 is 0 Å². The quantitative estimate of drug-likeness (QED) is 0.447. The number of fused-ring (bicyclic) bond motifs is 1. The molecule has 0 amide bonds. The van der Waals surface area contributed by atoms with Crippen molar-refractivity contribution in [2.45, 2.75) is 10.9 Å². The predicted octanol–water partition coefficient (Wildman–Crippen LogP) is 2.31. The Labute approximate surface area is 146 Å². The van der Waals surface area contributed by atoms with Gasteiger partial charge in [0.15, 0.2) is 0 Å². The van der Waals surface area contributed by atoms with Crippen molar-refractivity contribution in [3.63, 3.8) is 0 Å². The topological polar surface area (TPSA) is 76.2 Å². The third-order valence-corrected chi connectivity index (χ3v) is 4.79. The van der Waals surface area contributed by atoms with Crippen molar-refractivity contribution in [1.82, 2.24) is 30.1 Å². The lowest BCUT2D eigenvalue weighted by molar-refractivity contribution is -0.725. The van der Waals surface area contributed by atoms with E-state index in [9.17, 15) is 0 Å². The van der Waals surface area contributed by atoms with Gasteiger partial charge in [0, 0.05) is 11.9 Å². The number of pyridine rings is 1. The fourth-order valence-corrected chi connectivity index (χ4v) is 3.52. The van der Waals surface area contributed by atoms with Crippen LogP contribution in [0.1, 0.15) is 5.69 Å². The highest BCUT2D eigenvalue weighted by molar-refractivity contribution is 7.98. The second kappa shape index (κ2) is 6.21. The van der Waals surface area contributed by atoms with Gasteiger partial charge in [-0.15, -0.1) is 5.21 Å². The molecule has 0 aliphatic heterocycles. The number of H-pyrrole nitrogens is 1. The van der Waals surface area contributed by atoms with Crippen LogP contribution < -0.4 is 4.68 Å². The first-order valence-electron chi connectivity index (χ1n) is 7.21. The van der Waals surface area contributed by atoms with Crippen LogP contribution in [0.15, 0.2) is 47.8 Å². The lowest BCUT2D eigenvalue weighted by atomic mass is 10.3. The van der Waals surface area contributed by atoms with Gasteiger partial charge in [0.05, 0.1) is 22.9 Å².